The highest BCUT2D eigenvalue weighted by Gasteiger charge is 2.04. The second kappa shape index (κ2) is 7.03. The number of rotatable bonds is 0. The molecule has 62 valence electrons. The Balaban J connectivity index is 0.000000236. The van der Waals surface area contributed by atoms with E-state index in [2.05, 4.69) is 17.0 Å². The predicted octanol–water partition coefficient (Wildman–Crippen LogP) is 1.41. The molecule has 2 heteroatoms. The van der Waals surface area contributed by atoms with Gasteiger partial charge in [0.15, 0.2) is 0 Å². The minimum absolute atomic E-state index is 0.786. The standard InChI is InChI=1S/C6H13N.C2H6O/c1-6-4-2-3-5-7-6;1-3-2/h6-7H,2-5H2,1H3;1-2H3. The van der Waals surface area contributed by atoms with Crippen molar-refractivity contribution >= 4 is 0 Å². The van der Waals surface area contributed by atoms with Crippen molar-refractivity contribution < 1.29 is 4.74 Å². The van der Waals surface area contributed by atoms with Crippen LogP contribution < -0.4 is 5.32 Å². The summed E-state index contributed by atoms with van der Waals surface area (Å²) in [5.41, 5.74) is 0. The Morgan fingerprint density at radius 3 is 2.10 bits per heavy atom. The van der Waals surface area contributed by atoms with Gasteiger partial charge in [-0.2, -0.15) is 0 Å². The summed E-state index contributed by atoms with van der Waals surface area (Å²) in [6.07, 6.45) is 4.18. The fourth-order valence-corrected chi connectivity index (χ4v) is 1.03. The first-order valence-electron chi connectivity index (χ1n) is 3.94. The lowest BCUT2D eigenvalue weighted by atomic mass is 10.1. The van der Waals surface area contributed by atoms with Crippen molar-refractivity contribution in [1.82, 2.24) is 5.32 Å². The summed E-state index contributed by atoms with van der Waals surface area (Å²) in [6, 6.07) is 0.786. The monoisotopic (exact) mass is 145 g/mol. The average molecular weight is 145 g/mol. The van der Waals surface area contributed by atoms with Crippen LogP contribution >= 0.6 is 0 Å². The van der Waals surface area contributed by atoms with Crippen molar-refractivity contribution in [3.05, 3.63) is 0 Å². The molecule has 1 aliphatic heterocycles. The highest BCUT2D eigenvalue weighted by molar-refractivity contribution is 4.65. The lowest BCUT2D eigenvalue weighted by Gasteiger charge is -2.18. The number of ether oxygens (including phenoxy) is 1. The topological polar surface area (TPSA) is 21.3 Å². The molecular formula is C8H19NO. The van der Waals surface area contributed by atoms with Crippen LogP contribution in [0.5, 0.6) is 0 Å². The van der Waals surface area contributed by atoms with E-state index in [1.807, 2.05) is 0 Å². The number of nitrogens with one attached hydrogen (secondary N) is 1. The van der Waals surface area contributed by atoms with Gasteiger partial charge in [0.1, 0.15) is 0 Å². The van der Waals surface area contributed by atoms with Gasteiger partial charge >= 0.3 is 0 Å². The van der Waals surface area contributed by atoms with Crippen LogP contribution in [-0.4, -0.2) is 26.8 Å². The van der Waals surface area contributed by atoms with Gasteiger partial charge in [0.05, 0.1) is 0 Å². The Kier molecular flexibility index (Phi) is 6.98. The lowest BCUT2D eigenvalue weighted by Crippen LogP contribution is -2.30. The molecule has 1 heterocycles. The third-order valence-electron chi connectivity index (χ3n) is 1.56. The summed E-state index contributed by atoms with van der Waals surface area (Å²) in [7, 11) is 3.25. The molecule has 0 aromatic heterocycles. The van der Waals surface area contributed by atoms with Gasteiger partial charge in [-0.15, -0.1) is 0 Å². The zero-order valence-electron chi connectivity index (χ0n) is 7.31. The molecule has 1 aliphatic rings. The molecule has 1 rings (SSSR count). The highest BCUT2D eigenvalue weighted by atomic mass is 16.4. The fourth-order valence-electron chi connectivity index (χ4n) is 1.03. The lowest BCUT2D eigenvalue weighted by molar-refractivity contribution is 0.277. The van der Waals surface area contributed by atoms with Gasteiger partial charge in [0.25, 0.3) is 0 Å². The second-order valence-corrected chi connectivity index (χ2v) is 2.76. The smallest absolute Gasteiger partial charge is 0.0351 e. The van der Waals surface area contributed by atoms with E-state index in [0.717, 1.165) is 6.04 Å². The van der Waals surface area contributed by atoms with E-state index in [1.54, 1.807) is 14.2 Å². The van der Waals surface area contributed by atoms with Crippen LogP contribution in [0.2, 0.25) is 0 Å². The summed E-state index contributed by atoms with van der Waals surface area (Å²) in [5.74, 6) is 0. The molecule has 0 aliphatic carbocycles. The first-order valence-corrected chi connectivity index (χ1v) is 3.94. The Bertz CT molecular complexity index is 60.3. The highest BCUT2D eigenvalue weighted by Crippen LogP contribution is 2.04. The summed E-state index contributed by atoms with van der Waals surface area (Å²) in [6.45, 7) is 3.49. The van der Waals surface area contributed by atoms with Crippen molar-refractivity contribution in [3.63, 3.8) is 0 Å². The SMILES string of the molecule is CC1CCCCN1.COC. The van der Waals surface area contributed by atoms with Crippen LogP contribution in [0.25, 0.3) is 0 Å². The zero-order chi connectivity index (χ0) is 7.82. The summed E-state index contributed by atoms with van der Waals surface area (Å²) in [5, 5.41) is 3.38. The first kappa shape index (κ1) is 9.92. The van der Waals surface area contributed by atoms with Crippen molar-refractivity contribution in [2.45, 2.75) is 32.2 Å². The molecular weight excluding hydrogens is 126 g/mol. The van der Waals surface area contributed by atoms with Gasteiger partial charge in [-0.3, -0.25) is 0 Å². The van der Waals surface area contributed by atoms with E-state index >= 15 is 0 Å². The Morgan fingerprint density at radius 2 is 1.90 bits per heavy atom. The molecule has 1 fully saturated rings. The van der Waals surface area contributed by atoms with Crippen LogP contribution in [0.15, 0.2) is 0 Å². The van der Waals surface area contributed by atoms with Crippen molar-refractivity contribution in [2.24, 2.45) is 0 Å². The van der Waals surface area contributed by atoms with E-state index < -0.39 is 0 Å². The van der Waals surface area contributed by atoms with E-state index in [4.69, 9.17) is 0 Å². The maximum atomic E-state index is 4.25. The Labute approximate surface area is 64.0 Å². The number of piperidine rings is 1. The van der Waals surface area contributed by atoms with Crippen LogP contribution in [-0.2, 0) is 4.74 Å². The van der Waals surface area contributed by atoms with Gasteiger partial charge in [0, 0.05) is 20.3 Å². The van der Waals surface area contributed by atoms with E-state index in [-0.39, 0.29) is 0 Å². The maximum Gasteiger partial charge on any atom is 0.0351 e. The van der Waals surface area contributed by atoms with Crippen molar-refractivity contribution in [2.75, 3.05) is 20.8 Å². The van der Waals surface area contributed by atoms with E-state index in [1.165, 1.54) is 25.8 Å². The molecule has 0 spiro atoms. The molecule has 1 atom stereocenters. The minimum Gasteiger partial charge on any atom is -0.388 e. The maximum absolute atomic E-state index is 4.25. The Hall–Kier alpha value is -0.0800. The summed E-state index contributed by atoms with van der Waals surface area (Å²) >= 11 is 0. The van der Waals surface area contributed by atoms with Gasteiger partial charge in [-0.25, -0.2) is 0 Å². The molecule has 0 amide bonds. The van der Waals surface area contributed by atoms with Gasteiger partial charge in [0.2, 0.25) is 0 Å². The summed E-state index contributed by atoms with van der Waals surface area (Å²) in [4.78, 5) is 0. The van der Waals surface area contributed by atoms with Crippen LogP contribution in [0, 0.1) is 0 Å². The van der Waals surface area contributed by atoms with E-state index in [0.29, 0.717) is 0 Å². The zero-order valence-corrected chi connectivity index (χ0v) is 7.31. The molecule has 1 unspecified atom stereocenters. The van der Waals surface area contributed by atoms with Gasteiger partial charge in [-0.05, 0) is 26.3 Å². The molecule has 1 saturated heterocycles. The largest absolute Gasteiger partial charge is 0.388 e. The molecule has 0 aromatic carbocycles. The molecule has 0 saturated carbocycles. The van der Waals surface area contributed by atoms with Gasteiger partial charge in [-0.1, -0.05) is 6.42 Å². The molecule has 0 aromatic rings. The van der Waals surface area contributed by atoms with Crippen molar-refractivity contribution in [3.8, 4) is 0 Å². The van der Waals surface area contributed by atoms with E-state index in [9.17, 15) is 0 Å². The molecule has 0 radical (unpaired) electrons. The predicted molar refractivity (Wildman–Crippen MR) is 44.2 cm³/mol. The van der Waals surface area contributed by atoms with Crippen molar-refractivity contribution in [1.29, 1.82) is 0 Å². The number of hydrogen-bond donors (Lipinski definition) is 1. The quantitative estimate of drug-likeness (QED) is 0.556. The number of methoxy groups -OCH3 is 1. The molecule has 0 bridgehead atoms. The van der Waals surface area contributed by atoms with Gasteiger partial charge < -0.3 is 10.1 Å². The normalized spacial score (nSPS) is 24.9. The van der Waals surface area contributed by atoms with Crippen LogP contribution in [0.1, 0.15) is 26.2 Å². The molecule has 2 nitrogen and oxygen atoms in total. The Morgan fingerprint density at radius 1 is 1.30 bits per heavy atom. The average Bonchev–Trinajstić information content (AvgIpc) is 1.91. The first-order chi connectivity index (χ1) is 4.81. The fraction of sp³-hybridized carbons (Fsp3) is 1.00. The second-order valence-electron chi connectivity index (χ2n) is 2.76. The third kappa shape index (κ3) is 6.05. The minimum atomic E-state index is 0.786. The van der Waals surface area contributed by atoms with Crippen LogP contribution in [0.3, 0.4) is 0 Å². The molecule has 10 heavy (non-hydrogen) atoms. The summed E-state index contributed by atoms with van der Waals surface area (Å²) < 4.78 is 4.25. The molecule has 1 N–H and O–H groups in total. The number of hydrogen-bond acceptors (Lipinski definition) is 2. The van der Waals surface area contributed by atoms with Crippen LogP contribution in [0.4, 0.5) is 0 Å². The third-order valence-corrected chi connectivity index (χ3v) is 1.56.